The lowest BCUT2D eigenvalue weighted by molar-refractivity contribution is 0.0944. The standard InChI is InChI=1S/C13H15Cl2N5O/c1-8-18-12(13(21)17-7-6-16-2)19-20(8)11-9(14)4-3-5-10(11)15/h3-5,16H,6-7H2,1-2H3,(H,17,21). The molecule has 112 valence electrons. The molecule has 0 aliphatic rings. The molecule has 2 N–H and O–H groups in total. The lowest BCUT2D eigenvalue weighted by Gasteiger charge is -2.07. The van der Waals surface area contributed by atoms with E-state index in [1.165, 1.54) is 4.68 Å². The van der Waals surface area contributed by atoms with Crippen LogP contribution in [0, 0.1) is 6.92 Å². The fraction of sp³-hybridized carbons (Fsp3) is 0.308. The first-order valence-electron chi connectivity index (χ1n) is 6.35. The zero-order valence-corrected chi connectivity index (χ0v) is 13.2. The average Bonchev–Trinajstić information content (AvgIpc) is 2.81. The second-order valence-electron chi connectivity index (χ2n) is 4.32. The molecule has 2 rings (SSSR count). The molecular weight excluding hydrogens is 313 g/mol. The Morgan fingerprint density at radius 2 is 1.95 bits per heavy atom. The first kappa shape index (κ1) is 15.8. The lowest BCUT2D eigenvalue weighted by Crippen LogP contribution is -2.31. The van der Waals surface area contributed by atoms with Crippen molar-refractivity contribution in [3.63, 3.8) is 0 Å². The predicted octanol–water partition coefficient (Wildman–Crippen LogP) is 1.83. The molecule has 0 aliphatic heterocycles. The van der Waals surface area contributed by atoms with Crippen LogP contribution < -0.4 is 10.6 Å². The Morgan fingerprint density at radius 1 is 1.29 bits per heavy atom. The number of likely N-dealkylation sites (N-methyl/N-ethyl adjacent to an activating group) is 1. The Hall–Kier alpha value is -1.63. The molecule has 1 amide bonds. The van der Waals surface area contributed by atoms with E-state index in [0.29, 0.717) is 34.6 Å². The van der Waals surface area contributed by atoms with E-state index in [0.717, 1.165) is 0 Å². The Balaban J connectivity index is 2.29. The number of carbonyl (C=O) groups excluding carboxylic acids is 1. The van der Waals surface area contributed by atoms with Gasteiger partial charge in [-0.15, -0.1) is 5.10 Å². The first-order chi connectivity index (χ1) is 10.0. The van der Waals surface area contributed by atoms with Gasteiger partial charge < -0.3 is 10.6 Å². The van der Waals surface area contributed by atoms with Gasteiger partial charge in [0.15, 0.2) is 0 Å². The molecule has 6 nitrogen and oxygen atoms in total. The minimum atomic E-state index is -0.338. The number of para-hydroxylation sites is 1. The number of halogens is 2. The van der Waals surface area contributed by atoms with Crippen LogP contribution >= 0.6 is 23.2 Å². The van der Waals surface area contributed by atoms with Gasteiger partial charge in [0.05, 0.1) is 10.0 Å². The number of carbonyl (C=O) groups is 1. The van der Waals surface area contributed by atoms with Gasteiger partial charge in [-0.05, 0) is 26.1 Å². The van der Waals surface area contributed by atoms with Gasteiger partial charge in [0.1, 0.15) is 11.5 Å². The summed E-state index contributed by atoms with van der Waals surface area (Å²) in [4.78, 5) is 16.1. The molecule has 0 fully saturated rings. The largest absolute Gasteiger partial charge is 0.348 e. The first-order valence-corrected chi connectivity index (χ1v) is 7.11. The molecule has 0 aliphatic carbocycles. The van der Waals surface area contributed by atoms with Crippen molar-refractivity contribution in [1.82, 2.24) is 25.4 Å². The van der Waals surface area contributed by atoms with Crippen LogP contribution in [-0.2, 0) is 0 Å². The smallest absolute Gasteiger partial charge is 0.291 e. The average molecular weight is 328 g/mol. The Labute approximate surface area is 132 Å². The number of aromatic nitrogens is 3. The Kier molecular flexibility index (Phi) is 5.17. The highest BCUT2D eigenvalue weighted by Gasteiger charge is 2.17. The Morgan fingerprint density at radius 3 is 2.57 bits per heavy atom. The van der Waals surface area contributed by atoms with Crippen LogP contribution in [0.4, 0.5) is 0 Å². The van der Waals surface area contributed by atoms with Crippen molar-refractivity contribution in [2.24, 2.45) is 0 Å². The highest BCUT2D eigenvalue weighted by atomic mass is 35.5. The summed E-state index contributed by atoms with van der Waals surface area (Å²) in [5, 5.41) is 10.7. The number of nitrogens with one attached hydrogen (secondary N) is 2. The number of aryl methyl sites for hydroxylation is 1. The van der Waals surface area contributed by atoms with Crippen LogP contribution in [0.15, 0.2) is 18.2 Å². The third-order valence-corrected chi connectivity index (χ3v) is 3.39. The molecule has 0 saturated carbocycles. The van der Waals surface area contributed by atoms with Crippen LogP contribution in [0.3, 0.4) is 0 Å². The van der Waals surface area contributed by atoms with Gasteiger partial charge in [0.2, 0.25) is 5.82 Å². The number of nitrogens with zero attached hydrogens (tertiary/aromatic N) is 3. The van der Waals surface area contributed by atoms with Crippen LogP contribution in [-0.4, -0.2) is 40.8 Å². The third-order valence-electron chi connectivity index (χ3n) is 2.78. The zero-order valence-electron chi connectivity index (χ0n) is 11.7. The van der Waals surface area contributed by atoms with E-state index >= 15 is 0 Å². The second-order valence-corrected chi connectivity index (χ2v) is 5.14. The molecule has 1 aromatic heterocycles. The van der Waals surface area contributed by atoms with E-state index in [1.807, 2.05) is 7.05 Å². The van der Waals surface area contributed by atoms with Gasteiger partial charge in [-0.3, -0.25) is 4.79 Å². The van der Waals surface area contributed by atoms with Gasteiger partial charge in [-0.2, -0.15) is 0 Å². The van der Waals surface area contributed by atoms with Gasteiger partial charge in [-0.25, -0.2) is 9.67 Å². The fourth-order valence-corrected chi connectivity index (χ4v) is 2.33. The van der Waals surface area contributed by atoms with Gasteiger partial charge in [0.25, 0.3) is 5.91 Å². The highest BCUT2D eigenvalue weighted by molar-refractivity contribution is 6.37. The molecule has 0 atom stereocenters. The van der Waals surface area contributed by atoms with E-state index in [1.54, 1.807) is 25.1 Å². The Bertz CT molecular complexity index is 636. The summed E-state index contributed by atoms with van der Waals surface area (Å²) in [5.74, 6) is 0.277. The van der Waals surface area contributed by atoms with Crippen LogP contribution in [0.2, 0.25) is 10.0 Å². The molecular formula is C13H15Cl2N5O. The van der Waals surface area contributed by atoms with E-state index in [9.17, 15) is 4.79 Å². The molecule has 2 aromatic rings. The van der Waals surface area contributed by atoms with Crippen LogP contribution in [0.5, 0.6) is 0 Å². The number of hydrogen-bond donors (Lipinski definition) is 2. The number of amides is 1. The van der Waals surface area contributed by atoms with Crippen LogP contribution in [0.1, 0.15) is 16.4 Å². The minimum absolute atomic E-state index is 0.0830. The molecule has 0 saturated heterocycles. The lowest BCUT2D eigenvalue weighted by atomic mass is 10.3. The maximum Gasteiger partial charge on any atom is 0.291 e. The summed E-state index contributed by atoms with van der Waals surface area (Å²) in [5.41, 5.74) is 0.514. The molecule has 0 spiro atoms. The molecule has 1 heterocycles. The van der Waals surface area contributed by atoms with E-state index < -0.39 is 0 Å². The van der Waals surface area contributed by atoms with Crippen molar-refractivity contribution in [2.45, 2.75) is 6.92 Å². The summed E-state index contributed by atoms with van der Waals surface area (Å²) in [6.07, 6.45) is 0. The van der Waals surface area contributed by atoms with Crippen molar-refractivity contribution >= 4 is 29.1 Å². The van der Waals surface area contributed by atoms with E-state index in [2.05, 4.69) is 20.7 Å². The van der Waals surface area contributed by atoms with E-state index in [4.69, 9.17) is 23.2 Å². The monoisotopic (exact) mass is 327 g/mol. The van der Waals surface area contributed by atoms with Gasteiger partial charge in [0, 0.05) is 13.1 Å². The number of benzene rings is 1. The highest BCUT2D eigenvalue weighted by Crippen LogP contribution is 2.28. The summed E-state index contributed by atoms with van der Waals surface area (Å²) in [6.45, 7) is 2.90. The molecule has 0 bridgehead atoms. The van der Waals surface area contributed by atoms with Crippen molar-refractivity contribution in [1.29, 1.82) is 0 Å². The van der Waals surface area contributed by atoms with Crippen molar-refractivity contribution < 1.29 is 4.79 Å². The summed E-state index contributed by atoms with van der Waals surface area (Å²) >= 11 is 12.3. The normalized spacial score (nSPS) is 10.7. The second kappa shape index (κ2) is 6.89. The molecule has 21 heavy (non-hydrogen) atoms. The fourth-order valence-electron chi connectivity index (χ4n) is 1.77. The summed E-state index contributed by atoms with van der Waals surface area (Å²) in [6, 6.07) is 5.15. The maximum absolute atomic E-state index is 11.9. The SMILES string of the molecule is CNCCNC(=O)c1nc(C)n(-c2c(Cl)cccc2Cl)n1. The molecule has 0 radical (unpaired) electrons. The van der Waals surface area contributed by atoms with Crippen molar-refractivity contribution in [3.8, 4) is 5.69 Å². The third kappa shape index (κ3) is 3.53. The number of rotatable bonds is 5. The van der Waals surface area contributed by atoms with Gasteiger partial charge in [-0.1, -0.05) is 29.3 Å². The topological polar surface area (TPSA) is 71.8 Å². The molecule has 0 unspecified atom stereocenters. The summed E-state index contributed by atoms with van der Waals surface area (Å²) in [7, 11) is 1.81. The van der Waals surface area contributed by atoms with Gasteiger partial charge >= 0.3 is 0 Å². The van der Waals surface area contributed by atoms with E-state index in [-0.39, 0.29) is 11.7 Å². The van der Waals surface area contributed by atoms with Crippen LogP contribution in [0.25, 0.3) is 5.69 Å². The number of hydrogen-bond acceptors (Lipinski definition) is 4. The molecule has 1 aromatic carbocycles. The molecule has 8 heteroatoms. The van der Waals surface area contributed by atoms with Crippen molar-refractivity contribution in [3.05, 3.63) is 39.9 Å². The summed E-state index contributed by atoms with van der Waals surface area (Å²) < 4.78 is 1.47. The minimum Gasteiger partial charge on any atom is -0.348 e. The predicted molar refractivity (Wildman–Crippen MR) is 82.4 cm³/mol. The van der Waals surface area contributed by atoms with Crippen molar-refractivity contribution in [2.75, 3.05) is 20.1 Å². The maximum atomic E-state index is 11.9. The quantitative estimate of drug-likeness (QED) is 0.822. The zero-order chi connectivity index (χ0) is 15.4.